The van der Waals surface area contributed by atoms with Crippen LogP contribution in [0.15, 0.2) is 36.1 Å². The van der Waals surface area contributed by atoms with Gasteiger partial charge in [0.05, 0.1) is 5.76 Å². The highest BCUT2D eigenvalue weighted by atomic mass is 16.3. The molecule has 0 amide bonds. The van der Waals surface area contributed by atoms with Crippen LogP contribution in [0.5, 0.6) is 0 Å². The zero-order chi connectivity index (χ0) is 9.36. The van der Waals surface area contributed by atoms with Gasteiger partial charge in [-0.2, -0.15) is 0 Å². The number of aliphatic hydroxyl groups is 1. The fourth-order valence-electron chi connectivity index (χ4n) is 1.41. The Morgan fingerprint density at radius 1 is 0.923 bits per heavy atom. The van der Waals surface area contributed by atoms with Crippen LogP contribution in [0, 0.1) is 0 Å². The Balaban J connectivity index is 2.45. The lowest BCUT2D eigenvalue weighted by molar-refractivity contribution is 0.380. The van der Waals surface area contributed by atoms with E-state index >= 15 is 0 Å². The molecular weight excluding hydrogens is 160 g/mol. The number of hydrogen-bond donors (Lipinski definition) is 1. The van der Waals surface area contributed by atoms with E-state index < -0.39 is 0 Å². The summed E-state index contributed by atoms with van der Waals surface area (Å²) >= 11 is 0. The Kier molecular flexibility index (Phi) is 5.07. The van der Waals surface area contributed by atoms with Crippen molar-refractivity contribution in [1.82, 2.24) is 0 Å². The van der Waals surface area contributed by atoms with Crippen molar-refractivity contribution < 1.29 is 5.11 Å². The lowest BCUT2D eigenvalue weighted by Crippen LogP contribution is -1.83. The van der Waals surface area contributed by atoms with Gasteiger partial charge in [-0.05, 0) is 25.3 Å². The molecule has 72 valence electrons. The highest BCUT2D eigenvalue weighted by Gasteiger charge is 1.93. The molecule has 13 heavy (non-hydrogen) atoms. The molecule has 0 aromatic carbocycles. The third-order valence-electron chi connectivity index (χ3n) is 2.20. The quantitative estimate of drug-likeness (QED) is 0.596. The lowest BCUT2D eigenvalue weighted by atomic mass is 10.1. The smallest absolute Gasteiger partial charge is 0.0922 e. The number of hydrogen-bond acceptors (Lipinski definition) is 1. The van der Waals surface area contributed by atoms with E-state index in [0.717, 1.165) is 12.8 Å². The summed E-state index contributed by atoms with van der Waals surface area (Å²) in [5.74, 6) is 0.505. The largest absolute Gasteiger partial charge is 0.512 e. The van der Waals surface area contributed by atoms with Crippen LogP contribution >= 0.6 is 0 Å². The molecule has 0 spiro atoms. The molecule has 0 aliphatic heterocycles. The van der Waals surface area contributed by atoms with E-state index in [-0.39, 0.29) is 0 Å². The second kappa shape index (κ2) is 6.53. The number of allylic oxidation sites excluding steroid dienone is 6. The Bertz CT molecular complexity index is 211. The number of aliphatic hydroxyl groups excluding tert-OH is 1. The van der Waals surface area contributed by atoms with Crippen LogP contribution in [0.1, 0.15) is 38.5 Å². The molecule has 1 aliphatic carbocycles. The van der Waals surface area contributed by atoms with Gasteiger partial charge in [0.25, 0.3) is 0 Å². The SMILES string of the molecule is OC1=CC=CC=CCCCCCC1. The second-order valence-electron chi connectivity index (χ2n) is 3.42. The first-order chi connectivity index (χ1) is 6.39. The minimum atomic E-state index is 0.505. The summed E-state index contributed by atoms with van der Waals surface area (Å²) in [7, 11) is 0. The molecule has 1 aliphatic rings. The van der Waals surface area contributed by atoms with Gasteiger partial charge >= 0.3 is 0 Å². The Hall–Kier alpha value is -0.980. The van der Waals surface area contributed by atoms with E-state index in [1.54, 1.807) is 6.08 Å². The van der Waals surface area contributed by atoms with Gasteiger partial charge < -0.3 is 5.11 Å². The predicted molar refractivity (Wildman–Crippen MR) is 56.7 cm³/mol. The molecule has 0 atom stereocenters. The summed E-state index contributed by atoms with van der Waals surface area (Å²) < 4.78 is 0. The van der Waals surface area contributed by atoms with Gasteiger partial charge in [0, 0.05) is 6.42 Å². The highest BCUT2D eigenvalue weighted by molar-refractivity contribution is 5.13. The Morgan fingerprint density at radius 3 is 2.69 bits per heavy atom. The van der Waals surface area contributed by atoms with Gasteiger partial charge in [-0.25, -0.2) is 0 Å². The zero-order valence-electron chi connectivity index (χ0n) is 8.08. The monoisotopic (exact) mass is 178 g/mol. The summed E-state index contributed by atoms with van der Waals surface area (Å²) in [6.07, 6.45) is 16.8. The van der Waals surface area contributed by atoms with Gasteiger partial charge in [-0.3, -0.25) is 0 Å². The van der Waals surface area contributed by atoms with E-state index in [9.17, 15) is 5.11 Å². The molecule has 0 aromatic heterocycles. The normalized spacial score (nSPS) is 20.2. The van der Waals surface area contributed by atoms with Crippen molar-refractivity contribution in [2.75, 3.05) is 0 Å². The summed E-state index contributed by atoms with van der Waals surface area (Å²) in [4.78, 5) is 0. The van der Waals surface area contributed by atoms with E-state index in [1.807, 2.05) is 18.2 Å². The average Bonchev–Trinajstić information content (AvgIpc) is 2.11. The van der Waals surface area contributed by atoms with Crippen LogP contribution in [-0.4, -0.2) is 5.11 Å². The molecule has 0 aromatic rings. The van der Waals surface area contributed by atoms with E-state index in [1.165, 1.54) is 25.7 Å². The van der Waals surface area contributed by atoms with Crippen LogP contribution in [0.25, 0.3) is 0 Å². The van der Waals surface area contributed by atoms with Crippen molar-refractivity contribution in [2.24, 2.45) is 0 Å². The first kappa shape index (κ1) is 10.1. The predicted octanol–water partition coefficient (Wildman–Crippen LogP) is 3.89. The molecule has 0 saturated heterocycles. The summed E-state index contributed by atoms with van der Waals surface area (Å²) in [6.45, 7) is 0. The standard InChI is InChI=1S/C12H18O/c13-12-10-8-6-4-2-1-3-5-7-9-11-12/h2,4,6,8,10,13H,1,3,5,7,9,11H2. The zero-order valence-corrected chi connectivity index (χ0v) is 8.08. The summed E-state index contributed by atoms with van der Waals surface area (Å²) in [5.41, 5.74) is 0. The van der Waals surface area contributed by atoms with Gasteiger partial charge in [-0.1, -0.05) is 37.1 Å². The molecule has 1 heteroatoms. The van der Waals surface area contributed by atoms with Gasteiger partial charge in [0.15, 0.2) is 0 Å². The minimum absolute atomic E-state index is 0.505. The van der Waals surface area contributed by atoms with Gasteiger partial charge in [0.2, 0.25) is 0 Å². The second-order valence-corrected chi connectivity index (χ2v) is 3.42. The van der Waals surface area contributed by atoms with Crippen LogP contribution in [0.3, 0.4) is 0 Å². The topological polar surface area (TPSA) is 20.2 Å². The van der Waals surface area contributed by atoms with Crippen molar-refractivity contribution in [3.8, 4) is 0 Å². The summed E-state index contributed by atoms with van der Waals surface area (Å²) in [6, 6.07) is 0. The maximum Gasteiger partial charge on any atom is 0.0922 e. The highest BCUT2D eigenvalue weighted by Crippen LogP contribution is 2.10. The molecule has 1 N–H and O–H groups in total. The maximum absolute atomic E-state index is 9.38. The molecular formula is C12H18O. The molecule has 0 fully saturated rings. The van der Waals surface area contributed by atoms with E-state index in [4.69, 9.17) is 0 Å². The van der Waals surface area contributed by atoms with Crippen molar-refractivity contribution in [3.05, 3.63) is 36.1 Å². The number of rotatable bonds is 0. The molecule has 0 saturated carbocycles. The average molecular weight is 178 g/mol. The molecule has 1 rings (SSSR count). The maximum atomic E-state index is 9.38. The van der Waals surface area contributed by atoms with Gasteiger partial charge in [0.1, 0.15) is 0 Å². The van der Waals surface area contributed by atoms with E-state index in [2.05, 4.69) is 6.08 Å². The van der Waals surface area contributed by atoms with Crippen molar-refractivity contribution in [1.29, 1.82) is 0 Å². The van der Waals surface area contributed by atoms with E-state index in [0.29, 0.717) is 5.76 Å². The first-order valence-electron chi connectivity index (χ1n) is 5.11. The Labute approximate surface area is 80.5 Å². The fraction of sp³-hybridized carbons (Fsp3) is 0.500. The minimum Gasteiger partial charge on any atom is -0.512 e. The molecule has 0 radical (unpaired) electrons. The van der Waals surface area contributed by atoms with Crippen molar-refractivity contribution in [2.45, 2.75) is 38.5 Å². The van der Waals surface area contributed by atoms with Crippen molar-refractivity contribution >= 4 is 0 Å². The lowest BCUT2D eigenvalue weighted by Gasteiger charge is -2.00. The molecule has 0 unspecified atom stereocenters. The van der Waals surface area contributed by atoms with Crippen LogP contribution in [0.2, 0.25) is 0 Å². The summed E-state index contributed by atoms with van der Waals surface area (Å²) in [5, 5.41) is 9.38. The third kappa shape index (κ3) is 5.29. The van der Waals surface area contributed by atoms with Crippen LogP contribution < -0.4 is 0 Å². The molecule has 0 heterocycles. The molecule has 0 bridgehead atoms. The fourth-order valence-corrected chi connectivity index (χ4v) is 1.41. The van der Waals surface area contributed by atoms with Crippen LogP contribution in [0.4, 0.5) is 0 Å². The molecule has 1 nitrogen and oxygen atoms in total. The van der Waals surface area contributed by atoms with Gasteiger partial charge in [-0.15, -0.1) is 0 Å². The first-order valence-corrected chi connectivity index (χ1v) is 5.11. The van der Waals surface area contributed by atoms with Crippen LogP contribution in [-0.2, 0) is 0 Å². The van der Waals surface area contributed by atoms with Crippen molar-refractivity contribution in [3.63, 3.8) is 0 Å². The third-order valence-corrected chi connectivity index (χ3v) is 2.20. The Morgan fingerprint density at radius 2 is 1.77 bits per heavy atom.